The number of aryl methyl sites for hydroxylation is 1. The maximum Gasteiger partial charge on any atom is 0.241 e. The van der Waals surface area contributed by atoms with Gasteiger partial charge in [0.15, 0.2) is 0 Å². The van der Waals surface area contributed by atoms with Crippen molar-refractivity contribution >= 4 is 11.7 Å². The normalized spacial score (nSPS) is 10.1. The summed E-state index contributed by atoms with van der Waals surface area (Å²) in [5.41, 5.74) is 6.39. The summed E-state index contributed by atoms with van der Waals surface area (Å²) >= 11 is 0. The third-order valence-electron chi connectivity index (χ3n) is 1.87. The van der Waals surface area contributed by atoms with Crippen LogP contribution in [-0.2, 0) is 11.3 Å². The average molecular weight is 196 g/mol. The molecule has 0 atom stereocenters. The molecule has 1 rings (SSSR count). The monoisotopic (exact) mass is 196 g/mol. The molecule has 0 aliphatic heterocycles. The molecule has 0 saturated carbocycles. The smallest absolute Gasteiger partial charge is 0.241 e. The van der Waals surface area contributed by atoms with Crippen LogP contribution in [-0.4, -0.2) is 22.2 Å². The number of nitrogen functional groups attached to an aromatic ring is 1. The van der Waals surface area contributed by atoms with Crippen molar-refractivity contribution in [3.05, 3.63) is 11.8 Å². The van der Waals surface area contributed by atoms with Gasteiger partial charge < -0.3 is 11.1 Å². The molecular formula is C9H16N4O. The van der Waals surface area contributed by atoms with Crippen molar-refractivity contribution in [3.63, 3.8) is 0 Å². The van der Waals surface area contributed by atoms with E-state index in [0.29, 0.717) is 12.4 Å². The van der Waals surface area contributed by atoms with E-state index in [0.717, 1.165) is 12.1 Å². The van der Waals surface area contributed by atoms with Crippen LogP contribution in [0.1, 0.15) is 19.0 Å². The van der Waals surface area contributed by atoms with E-state index >= 15 is 0 Å². The molecule has 1 aromatic rings. The Hall–Kier alpha value is -1.52. The van der Waals surface area contributed by atoms with Gasteiger partial charge in [-0.1, -0.05) is 6.92 Å². The molecule has 0 aliphatic carbocycles. The van der Waals surface area contributed by atoms with Crippen LogP contribution in [0.4, 0.5) is 5.82 Å². The van der Waals surface area contributed by atoms with Gasteiger partial charge >= 0.3 is 0 Å². The predicted molar refractivity (Wildman–Crippen MR) is 54.7 cm³/mol. The Kier molecular flexibility index (Phi) is 3.50. The second-order valence-electron chi connectivity index (χ2n) is 3.22. The average Bonchev–Trinajstić information content (AvgIpc) is 2.42. The fourth-order valence-electron chi connectivity index (χ4n) is 1.15. The number of hydrogen-bond acceptors (Lipinski definition) is 3. The van der Waals surface area contributed by atoms with Crippen molar-refractivity contribution in [2.45, 2.75) is 26.8 Å². The second-order valence-corrected chi connectivity index (χ2v) is 3.22. The van der Waals surface area contributed by atoms with E-state index in [-0.39, 0.29) is 12.5 Å². The maximum absolute atomic E-state index is 11.3. The summed E-state index contributed by atoms with van der Waals surface area (Å²) in [6.07, 6.45) is 0.936. The molecule has 0 fully saturated rings. The fraction of sp³-hybridized carbons (Fsp3) is 0.556. The Morgan fingerprint density at radius 2 is 2.43 bits per heavy atom. The van der Waals surface area contributed by atoms with Crippen molar-refractivity contribution in [1.29, 1.82) is 0 Å². The summed E-state index contributed by atoms with van der Waals surface area (Å²) in [6.45, 7) is 4.82. The van der Waals surface area contributed by atoms with Crippen molar-refractivity contribution in [2.75, 3.05) is 12.3 Å². The standard InChI is InChI=1S/C9H16N4O/c1-3-4-11-9(14)6-13-7(2)5-8(10)12-13/h5H,3-4,6H2,1-2H3,(H2,10,12)(H,11,14). The van der Waals surface area contributed by atoms with Crippen molar-refractivity contribution in [2.24, 2.45) is 0 Å². The van der Waals surface area contributed by atoms with Crippen LogP contribution in [0.25, 0.3) is 0 Å². The Bertz CT molecular complexity index is 319. The first kappa shape index (κ1) is 10.6. The molecule has 0 spiro atoms. The van der Waals surface area contributed by atoms with Gasteiger partial charge in [-0.15, -0.1) is 0 Å². The second kappa shape index (κ2) is 4.64. The van der Waals surface area contributed by atoms with Gasteiger partial charge in [-0.25, -0.2) is 0 Å². The molecule has 0 unspecified atom stereocenters. The van der Waals surface area contributed by atoms with E-state index in [1.807, 2.05) is 13.8 Å². The highest BCUT2D eigenvalue weighted by atomic mass is 16.2. The topological polar surface area (TPSA) is 72.9 Å². The molecule has 3 N–H and O–H groups in total. The molecule has 1 aromatic heterocycles. The third kappa shape index (κ3) is 2.76. The minimum absolute atomic E-state index is 0.0296. The molecule has 78 valence electrons. The summed E-state index contributed by atoms with van der Waals surface area (Å²) in [4.78, 5) is 11.3. The third-order valence-corrected chi connectivity index (χ3v) is 1.87. The van der Waals surface area contributed by atoms with E-state index < -0.39 is 0 Å². The van der Waals surface area contributed by atoms with Gasteiger partial charge in [0.1, 0.15) is 12.4 Å². The lowest BCUT2D eigenvalue weighted by molar-refractivity contribution is -0.121. The first-order valence-corrected chi connectivity index (χ1v) is 4.70. The Labute approximate surface area is 83.3 Å². The Balaban J connectivity index is 2.51. The summed E-state index contributed by atoms with van der Waals surface area (Å²) in [5.74, 6) is 0.420. The van der Waals surface area contributed by atoms with Gasteiger partial charge in [0.25, 0.3) is 0 Å². The van der Waals surface area contributed by atoms with E-state index in [4.69, 9.17) is 5.73 Å². The van der Waals surface area contributed by atoms with E-state index in [1.165, 1.54) is 0 Å². The molecule has 1 heterocycles. The highest BCUT2D eigenvalue weighted by molar-refractivity contribution is 5.75. The number of hydrogen-bond donors (Lipinski definition) is 2. The molecule has 5 heteroatoms. The van der Waals surface area contributed by atoms with E-state index in [2.05, 4.69) is 10.4 Å². The SMILES string of the molecule is CCCNC(=O)Cn1nc(N)cc1C. The number of nitrogens with zero attached hydrogens (tertiary/aromatic N) is 2. The van der Waals surface area contributed by atoms with Crippen LogP contribution in [0.3, 0.4) is 0 Å². The molecule has 14 heavy (non-hydrogen) atoms. The van der Waals surface area contributed by atoms with Gasteiger partial charge in [-0.2, -0.15) is 5.10 Å². The Morgan fingerprint density at radius 1 is 1.71 bits per heavy atom. The van der Waals surface area contributed by atoms with Crippen LogP contribution < -0.4 is 11.1 Å². The zero-order chi connectivity index (χ0) is 10.6. The summed E-state index contributed by atoms with van der Waals surface area (Å²) < 4.78 is 1.60. The molecule has 0 saturated heterocycles. The summed E-state index contributed by atoms with van der Waals surface area (Å²) in [6, 6.07) is 1.74. The van der Waals surface area contributed by atoms with Gasteiger partial charge in [0.05, 0.1) is 0 Å². The van der Waals surface area contributed by atoms with Crippen LogP contribution in [0, 0.1) is 6.92 Å². The molecule has 5 nitrogen and oxygen atoms in total. The largest absolute Gasteiger partial charge is 0.382 e. The van der Waals surface area contributed by atoms with Gasteiger partial charge in [-0.3, -0.25) is 9.48 Å². The highest BCUT2D eigenvalue weighted by Gasteiger charge is 2.05. The number of anilines is 1. The van der Waals surface area contributed by atoms with Gasteiger partial charge in [0.2, 0.25) is 5.91 Å². The minimum atomic E-state index is -0.0296. The molecule has 0 radical (unpaired) electrons. The number of nitrogens with one attached hydrogen (secondary N) is 1. The molecular weight excluding hydrogens is 180 g/mol. The number of amides is 1. The predicted octanol–water partition coefficient (Wildman–Crippen LogP) is 0.300. The van der Waals surface area contributed by atoms with Crippen LogP contribution in [0.5, 0.6) is 0 Å². The highest BCUT2D eigenvalue weighted by Crippen LogP contribution is 2.03. The quantitative estimate of drug-likeness (QED) is 0.727. The van der Waals surface area contributed by atoms with Gasteiger partial charge in [0, 0.05) is 18.3 Å². The van der Waals surface area contributed by atoms with Crippen molar-refractivity contribution in [1.82, 2.24) is 15.1 Å². The van der Waals surface area contributed by atoms with E-state index in [1.54, 1.807) is 10.7 Å². The molecule has 0 bridgehead atoms. The first-order valence-electron chi connectivity index (χ1n) is 4.70. The number of carbonyl (C=O) groups is 1. The molecule has 0 aromatic carbocycles. The number of nitrogens with two attached hydrogens (primary N) is 1. The van der Waals surface area contributed by atoms with Crippen LogP contribution in [0.2, 0.25) is 0 Å². The lowest BCUT2D eigenvalue weighted by atomic mass is 10.4. The van der Waals surface area contributed by atoms with Gasteiger partial charge in [-0.05, 0) is 13.3 Å². The lowest BCUT2D eigenvalue weighted by Gasteiger charge is -2.04. The summed E-state index contributed by atoms with van der Waals surface area (Å²) in [5, 5.41) is 6.77. The number of rotatable bonds is 4. The van der Waals surface area contributed by atoms with Crippen molar-refractivity contribution in [3.8, 4) is 0 Å². The first-order chi connectivity index (χ1) is 6.63. The van der Waals surface area contributed by atoms with Crippen LogP contribution >= 0.6 is 0 Å². The zero-order valence-corrected chi connectivity index (χ0v) is 8.58. The molecule has 1 amide bonds. The number of aromatic nitrogens is 2. The zero-order valence-electron chi connectivity index (χ0n) is 8.58. The van der Waals surface area contributed by atoms with Crippen molar-refractivity contribution < 1.29 is 4.79 Å². The maximum atomic E-state index is 11.3. The summed E-state index contributed by atoms with van der Waals surface area (Å²) in [7, 11) is 0. The number of carbonyl (C=O) groups excluding carboxylic acids is 1. The molecule has 0 aliphatic rings. The minimum Gasteiger partial charge on any atom is -0.382 e. The fourth-order valence-corrected chi connectivity index (χ4v) is 1.15. The van der Waals surface area contributed by atoms with E-state index in [9.17, 15) is 4.79 Å². The lowest BCUT2D eigenvalue weighted by Crippen LogP contribution is -2.28. The Morgan fingerprint density at radius 3 is 2.93 bits per heavy atom. The van der Waals surface area contributed by atoms with Crippen LogP contribution in [0.15, 0.2) is 6.07 Å².